The van der Waals surface area contributed by atoms with Gasteiger partial charge in [-0.2, -0.15) is 4.39 Å². The highest BCUT2D eigenvalue weighted by atomic mass is 19.1. The molecule has 4 rings (SSSR count). The van der Waals surface area contributed by atoms with Crippen LogP contribution in [0.15, 0.2) is 64.6 Å². The molecule has 1 aliphatic heterocycles. The number of benzene rings is 1. The number of hydrogen-bond acceptors (Lipinski definition) is 4. The predicted molar refractivity (Wildman–Crippen MR) is 102 cm³/mol. The Hall–Kier alpha value is -3.35. The molecule has 0 spiro atoms. The third-order valence-corrected chi connectivity index (χ3v) is 5.08. The van der Waals surface area contributed by atoms with Crippen LogP contribution < -0.4 is 10.9 Å². The van der Waals surface area contributed by atoms with Crippen molar-refractivity contribution in [1.29, 1.82) is 0 Å². The minimum atomic E-state index is -0.923. The molecule has 5 nitrogen and oxygen atoms in total. The van der Waals surface area contributed by atoms with Gasteiger partial charge in [0.05, 0.1) is 6.04 Å². The zero-order chi connectivity index (χ0) is 19.9. The largest absolute Gasteiger partial charge is 0.364 e. The van der Waals surface area contributed by atoms with E-state index in [1.54, 1.807) is 37.4 Å². The van der Waals surface area contributed by atoms with Gasteiger partial charge < -0.3 is 10.3 Å². The van der Waals surface area contributed by atoms with E-state index in [2.05, 4.69) is 15.3 Å². The molecule has 0 radical (unpaired) electrons. The number of pyridine rings is 2. The molecule has 142 valence electrons. The Balaban J connectivity index is 1.92. The SMILES string of the molecule is Cc1cc(C2=N[C@@](c3ccc(F)cc3)(c3ccc(F)nc3)[C@H](C)N2)c[nH]c1=O. The molecular formula is C21H18F2N4O. The molecule has 0 saturated carbocycles. The highest BCUT2D eigenvalue weighted by molar-refractivity contribution is 6.01. The van der Waals surface area contributed by atoms with Gasteiger partial charge in [-0.15, -0.1) is 0 Å². The summed E-state index contributed by atoms with van der Waals surface area (Å²) in [5.74, 6) is -0.354. The van der Waals surface area contributed by atoms with Crippen molar-refractivity contribution in [3.63, 3.8) is 0 Å². The van der Waals surface area contributed by atoms with Gasteiger partial charge in [-0.1, -0.05) is 18.2 Å². The standard InChI is InChI=1S/C21H18F2N4O/c1-12-9-14(10-25-20(12)28)19-26-13(2)21(27-19,15-3-6-17(22)7-4-15)16-5-8-18(23)24-11-16/h3-11,13H,1-2H3,(H,25,28)(H,26,27)/t13-,21-/m0/s1. The van der Waals surface area contributed by atoms with Gasteiger partial charge in [0.25, 0.3) is 5.56 Å². The van der Waals surface area contributed by atoms with Gasteiger partial charge in [-0.3, -0.25) is 4.79 Å². The summed E-state index contributed by atoms with van der Waals surface area (Å²) in [6.45, 7) is 3.67. The average Bonchev–Trinajstić information content (AvgIpc) is 3.03. The maximum Gasteiger partial charge on any atom is 0.250 e. The van der Waals surface area contributed by atoms with Gasteiger partial charge in [-0.05, 0) is 43.7 Å². The Labute approximate surface area is 160 Å². The van der Waals surface area contributed by atoms with Gasteiger partial charge in [0.15, 0.2) is 0 Å². The Bertz CT molecular complexity index is 1060. The number of hydrogen-bond donors (Lipinski definition) is 2. The summed E-state index contributed by atoms with van der Waals surface area (Å²) in [6, 6.07) is 10.5. The van der Waals surface area contributed by atoms with E-state index < -0.39 is 11.5 Å². The quantitative estimate of drug-likeness (QED) is 0.686. The van der Waals surface area contributed by atoms with Gasteiger partial charge in [-0.25, -0.2) is 14.4 Å². The maximum absolute atomic E-state index is 13.5. The van der Waals surface area contributed by atoms with E-state index in [1.165, 1.54) is 24.4 Å². The predicted octanol–water partition coefficient (Wildman–Crippen LogP) is 3.04. The molecule has 7 heteroatoms. The molecule has 1 aromatic carbocycles. The van der Waals surface area contributed by atoms with Crippen LogP contribution in [0.25, 0.3) is 0 Å². The Morgan fingerprint density at radius 1 is 1.07 bits per heavy atom. The number of halogens is 2. The molecule has 28 heavy (non-hydrogen) atoms. The maximum atomic E-state index is 13.5. The van der Waals surface area contributed by atoms with Crippen molar-refractivity contribution < 1.29 is 8.78 Å². The Morgan fingerprint density at radius 2 is 1.79 bits per heavy atom. The second-order valence-corrected chi connectivity index (χ2v) is 6.87. The van der Waals surface area contributed by atoms with Crippen LogP contribution in [0.3, 0.4) is 0 Å². The van der Waals surface area contributed by atoms with Crippen molar-refractivity contribution >= 4 is 5.84 Å². The lowest BCUT2D eigenvalue weighted by Gasteiger charge is -2.31. The molecule has 0 saturated heterocycles. The lowest BCUT2D eigenvalue weighted by molar-refractivity contribution is 0.449. The highest BCUT2D eigenvalue weighted by Gasteiger charge is 2.45. The first-order valence-corrected chi connectivity index (χ1v) is 8.84. The first-order valence-electron chi connectivity index (χ1n) is 8.84. The van der Waals surface area contributed by atoms with E-state index in [0.717, 1.165) is 11.1 Å². The van der Waals surface area contributed by atoms with Crippen LogP contribution >= 0.6 is 0 Å². The van der Waals surface area contributed by atoms with Crippen molar-refractivity contribution in [2.45, 2.75) is 25.4 Å². The molecule has 2 atom stereocenters. The van der Waals surface area contributed by atoms with Gasteiger partial charge in [0, 0.05) is 29.1 Å². The molecule has 2 aromatic heterocycles. The van der Waals surface area contributed by atoms with Crippen molar-refractivity contribution in [3.8, 4) is 0 Å². The summed E-state index contributed by atoms with van der Waals surface area (Å²) < 4.78 is 27.0. The summed E-state index contributed by atoms with van der Waals surface area (Å²) in [7, 11) is 0. The van der Waals surface area contributed by atoms with E-state index in [1.807, 2.05) is 6.92 Å². The zero-order valence-electron chi connectivity index (χ0n) is 15.3. The first-order chi connectivity index (χ1) is 13.4. The topological polar surface area (TPSA) is 70.1 Å². The molecule has 3 aromatic rings. The van der Waals surface area contributed by atoms with E-state index in [-0.39, 0.29) is 17.4 Å². The number of rotatable bonds is 3. The smallest absolute Gasteiger partial charge is 0.250 e. The average molecular weight is 380 g/mol. The molecule has 0 aliphatic carbocycles. The van der Waals surface area contributed by atoms with Crippen LogP contribution in [0.1, 0.15) is 29.2 Å². The molecule has 0 unspecified atom stereocenters. The fraction of sp³-hybridized carbons (Fsp3) is 0.190. The number of aromatic nitrogens is 2. The number of H-pyrrole nitrogens is 1. The van der Waals surface area contributed by atoms with Crippen molar-refractivity contribution in [2.24, 2.45) is 4.99 Å². The molecular weight excluding hydrogens is 362 g/mol. The summed E-state index contributed by atoms with van der Waals surface area (Å²) in [5, 5.41) is 3.35. The van der Waals surface area contributed by atoms with Crippen LogP contribution in [0.4, 0.5) is 8.78 Å². The summed E-state index contributed by atoms with van der Waals surface area (Å²) in [4.78, 5) is 23.1. The van der Waals surface area contributed by atoms with Crippen LogP contribution in [0, 0.1) is 18.7 Å². The number of nitrogens with zero attached hydrogens (tertiary/aromatic N) is 2. The number of aryl methyl sites for hydroxylation is 1. The number of amidine groups is 1. The van der Waals surface area contributed by atoms with Gasteiger partial charge in [0.2, 0.25) is 5.95 Å². The lowest BCUT2D eigenvalue weighted by Crippen LogP contribution is -2.41. The number of aliphatic imine (C=N–C) groups is 1. The monoisotopic (exact) mass is 380 g/mol. The zero-order valence-corrected chi connectivity index (χ0v) is 15.3. The van der Waals surface area contributed by atoms with Crippen LogP contribution in [-0.2, 0) is 5.54 Å². The molecule has 0 amide bonds. The number of nitrogens with one attached hydrogen (secondary N) is 2. The van der Waals surface area contributed by atoms with Gasteiger partial charge >= 0.3 is 0 Å². The van der Waals surface area contributed by atoms with Crippen LogP contribution in [0.2, 0.25) is 0 Å². The van der Waals surface area contributed by atoms with Crippen molar-refractivity contribution in [1.82, 2.24) is 15.3 Å². The summed E-state index contributed by atoms with van der Waals surface area (Å²) >= 11 is 0. The molecule has 0 fully saturated rings. The van der Waals surface area contributed by atoms with Gasteiger partial charge in [0.1, 0.15) is 17.2 Å². The molecule has 1 aliphatic rings. The van der Waals surface area contributed by atoms with Crippen LogP contribution in [-0.4, -0.2) is 21.8 Å². The summed E-state index contributed by atoms with van der Waals surface area (Å²) in [5.41, 5.74) is 1.63. The fourth-order valence-corrected chi connectivity index (χ4v) is 3.60. The third kappa shape index (κ3) is 2.89. The summed E-state index contributed by atoms with van der Waals surface area (Å²) in [6.07, 6.45) is 3.04. The fourth-order valence-electron chi connectivity index (χ4n) is 3.60. The van der Waals surface area contributed by atoms with Crippen molar-refractivity contribution in [3.05, 3.63) is 99.2 Å². The highest BCUT2D eigenvalue weighted by Crippen LogP contribution is 2.40. The van der Waals surface area contributed by atoms with E-state index >= 15 is 0 Å². The van der Waals surface area contributed by atoms with E-state index in [9.17, 15) is 13.6 Å². The first kappa shape index (κ1) is 18.0. The molecule has 0 bridgehead atoms. The van der Waals surface area contributed by atoms with Crippen molar-refractivity contribution in [2.75, 3.05) is 0 Å². The lowest BCUT2D eigenvalue weighted by atomic mass is 9.79. The minimum Gasteiger partial charge on any atom is -0.364 e. The Morgan fingerprint density at radius 3 is 2.43 bits per heavy atom. The van der Waals surface area contributed by atoms with Crippen LogP contribution in [0.5, 0.6) is 0 Å². The number of aromatic amines is 1. The second kappa shape index (κ2) is 6.67. The molecule has 2 N–H and O–H groups in total. The van der Waals surface area contributed by atoms with E-state index in [4.69, 9.17) is 4.99 Å². The second-order valence-electron chi connectivity index (χ2n) is 6.87. The molecule has 3 heterocycles. The normalized spacial score (nSPS) is 21.3. The Kier molecular flexibility index (Phi) is 4.30. The van der Waals surface area contributed by atoms with E-state index in [0.29, 0.717) is 17.0 Å². The third-order valence-electron chi connectivity index (χ3n) is 5.08. The minimum absolute atomic E-state index is 0.164.